The van der Waals surface area contributed by atoms with Gasteiger partial charge in [0.2, 0.25) is 0 Å². The Morgan fingerprint density at radius 3 is 1.22 bits per heavy atom. The normalized spacial score (nSPS) is 12.0. The summed E-state index contributed by atoms with van der Waals surface area (Å²) in [5.74, 6) is 0. The number of rotatable bonds is 15. The molecule has 0 radical (unpaired) electrons. The smallest absolute Gasteiger partial charge is 0.364 e. The Morgan fingerprint density at radius 1 is 0.656 bits per heavy atom. The van der Waals surface area contributed by atoms with E-state index < -0.39 is 17.1 Å². The summed E-state index contributed by atoms with van der Waals surface area (Å²) in [5.41, 5.74) is 6.12. The van der Waals surface area contributed by atoms with Crippen LogP contribution in [0.1, 0.15) is 12.8 Å². The quantitative estimate of drug-likeness (QED) is 0.292. The van der Waals surface area contributed by atoms with Gasteiger partial charge in [-0.25, -0.2) is 9.13 Å². The van der Waals surface area contributed by atoms with E-state index in [2.05, 4.69) is 71.3 Å². The largest absolute Gasteiger partial charge is 0.395 e. The second kappa shape index (κ2) is 12.9. The van der Waals surface area contributed by atoms with Gasteiger partial charge in [-0.05, 0) is 22.5 Å². The topological polar surface area (TPSA) is 44.7 Å². The second-order valence-corrected chi connectivity index (χ2v) is 14.4. The van der Waals surface area contributed by atoms with Gasteiger partial charge in [0.05, 0.1) is 0 Å². The van der Waals surface area contributed by atoms with Gasteiger partial charge in [-0.2, -0.15) is 0 Å². The van der Waals surface area contributed by atoms with Crippen LogP contribution in [0, 0.1) is 0 Å². The molecule has 0 atom stereocenters. The van der Waals surface area contributed by atoms with Gasteiger partial charge in [0.15, 0.2) is 24.8 Å². The molecule has 2 aromatic heterocycles. The van der Waals surface area contributed by atoms with E-state index in [0.29, 0.717) is 0 Å². The average Bonchev–Trinajstić information content (AvgIpc) is 2.86. The van der Waals surface area contributed by atoms with E-state index in [1.54, 1.807) is 28.4 Å². The van der Waals surface area contributed by atoms with Gasteiger partial charge in [0, 0.05) is 77.6 Å². The Labute approximate surface area is 195 Å². The highest BCUT2D eigenvalue weighted by Crippen LogP contribution is 2.18. The first-order chi connectivity index (χ1) is 15.5. The van der Waals surface area contributed by atoms with E-state index in [-0.39, 0.29) is 0 Å². The number of hydrogen-bond acceptors (Lipinski definition) is 4. The van der Waals surface area contributed by atoms with Crippen LogP contribution in [0.15, 0.2) is 73.6 Å². The Hall–Kier alpha value is -1.95. The van der Waals surface area contributed by atoms with Crippen LogP contribution in [0.3, 0.4) is 0 Å². The maximum atomic E-state index is 5.59. The summed E-state index contributed by atoms with van der Waals surface area (Å²) >= 11 is 0. The fourth-order valence-electron chi connectivity index (χ4n) is 3.73. The van der Waals surface area contributed by atoms with Crippen LogP contribution in [0.4, 0.5) is 0 Å². The van der Waals surface area contributed by atoms with E-state index >= 15 is 0 Å². The van der Waals surface area contributed by atoms with Crippen LogP contribution < -0.4 is 9.13 Å². The zero-order chi connectivity index (χ0) is 23.5. The van der Waals surface area contributed by atoms with Crippen molar-refractivity contribution in [2.45, 2.75) is 38.0 Å². The van der Waals surface area contributed by atoms with E-state index in [0.717, 1.165) is 38.0 Å². The predicted octanol–water partition coefficient (Wildman–Crippen LogP) is 3.63. The summed E-state index contributed by atoms with van der Waals surface area (Å²) in [6.45, 7) is 9.60. The van der Waals surface area contributed by atoms with E-state index in [4.69, 9.17) is 17.7 Å². The molecule has 0 aliphatic heterocycles. The van der Waals surface area contributed by atoms with Crippen LogP contribution in [0.2, 0.25) is 12.1 Å². The van der Waals surface area contributed by atoms with Gasteiger partial charge < -0.3 is 17.7 Å². The van der Waals surface area contributed by atoms with E-state index in [1.165, 1.54) is 11.1 Å². The Balaban J connectivity index is 1.89. The Kier molecular flexibility index (Phi) is 10.6. The molecule has 32 heavy (non-hydrogen) atoms. The maximum Gasteiger partial charge on any atom is 0.364 e. The van der Waals surface area contributed by atoms with Crippen molar-refractivity contribution in [1.82, 2.24) is 0 Å². The fraction of sp³-hybridized carbons (Fsp3) is 0.417. The molecule has 0 amide bonds. The molecule has 0 fully saturated rings. The van der Waals surface area contributed by atoms with Crippen molar-refractivity contribution < 1.29 is 26.8 Å². The van der Waals surface area contributed by atoms with Crippen molar-refractivity contribution in [3.05, 3.63) is 73.6 Å². The average molecular weight is 475 g/mol. The lowest BCUT2D eigenvalue weighted by atomic mass is 10.1. The molecule has 0 aliphatic rings. The summed E-state index contributed by atoms with van der Waals surface area (Å²) < 4.78 is 26.8. The molecule has 8 heteroatoms. The first kappa shape index (κ1) is 26.3. The SMILES string of the molecule is C=C[Si](CCC[n+]1ccc(-c2cc[n+](CCC[Si](C=C)(OC)OC)cc2)cc1)(OC)OC. The summed E-state index contributed by atoms with van der Waals surface area (Å²) in [5, 5.41) is 0. The van der Waals surface area contributed by atoms with Gasteiger partial charge >= 0.3 is 17.1 Å². The van der Waals surface area contributed by atoms with E-state index in [9.17, 15) is 0 Å². The molecule has 0 unspecified atom stereocenters. The van der Waals surface area contributed by atoms with Gasteiger partial charge in [0.1, 0.15) is 13.1 Å². The molecule has 0 bridgehead atoms. The first-order valence-corrected chi connectivity index (χ1v) is 15.2. The first-order valence-electron chi connectivity index (χ1n) is 11.0. The van der Waals surface area contributed by atoms with Crippen LogP contribution in [-0.2, 0) is 30.8 Å². The molecule has 0 N–H and O–H groups in total. The van der Waals surface area contributed by atoms with Crippen LogP contribution in [0.25, 0.3) is 11.1 Å². The van der Waals surface area contributed by atoms with Crippen molar-refractivity contribution in [2.75, 3.05) is 28.4 Å². The summed E-state index contributed by atoms with van der Waals surface area (Å²) in [4.78, 5) is 0. The van der Waals surface area contributed by atoms with Crippen LogP contribution >= 0.6 is 0 Å². The molecule has 0 saturated carbocycles. The van der Waals surface area contributed by atoms with Crippen molar-refractivity contribution in [3.63, 3.8) is 0 Å². The second-order valence-electron chi connectivity index (χ2n) is 7.70. The van der Waals surface area contributed by atoms with Crippen molar-refractivity contribution >= 4 is 17.1 Å². The molecule has 0 aromatic carbocycles. The van der Waals surface area contributed by atoms with Crippen molar-refractivity contribution in [1.29, 1.82) is 0 Å². The number of pyridine rings is 2. The summed E-state index contributed by atoms with van der Waals surface area (Å²) in [6, 6.07) is 10.4. The molecule has 2 heterocycles. The number of aromatic nitrogens is 2. The third kappa shape index (κ3) is 7.03. The maximum absolute atomic E-state index is 5.59. The zero-order valence-corrected chi connectivity index (χ0v) is 22.0. The van der Waals surface area contributed by atoms with Crippen molar-refractivity contribution in [3.8, 4) is 11.1 Å². The minimum atomic E-state index is -2.24. The predicted molar refractivity (Wildman–Crippen MR) is 131 cm³/mol. The summed E-state index contributed by atoms with van der Waals surface area (Å²) in [6.07, 6.45) is 10.5. The molecule has 174 valence electrons. The molecule has 2 aromatic rings. The molecule has 0 aliphatic carbocycles. The third-order valence-corrected chi connectivity index (χ3v) is 12.1. The molecule has 0 saturated heterocycles. The molecule has 2 rings (SSSR count). The Bertz CT molecular complexity index is 765. The minimum Gasteiger partial charge on any atom is -0.395 e. The highest BCUT2D eigenvalue weighted by molar-refractivity contribution is 6.72. The summed E-state index contributed by atoms with van der Waals surface area (Å²) in [7, 11) is 2.36. The fourth-order valence-corrected chi connectivity index (χ4v) is 7.25. The molecule has 6 nitrogen and oxygen atoms in total. The molecular weight excluding hydrogens is 436 g/mol. The Morgan fingerprint density at radius 2 is 0.969 bits per heavy atom. The van der Waals surface area contributed by atoms with Gasteiger partial charge in [-0.1, -0.05) is 0 Å². The minimum absolute atomic E-state index is 0.891. The third-order valence-electron chi connectivity index (χ3n) is 6.00. The highest BCUT2D eigenvalue weighted by Gasteiger charge is 2.32. The molecule has 0 spiro atoms. The number of nitrogens with zero attached hydrogens (tertiary/aromatic N) is 2. The van der Waals surface area contributed by atoms with Gasteiger partial charge in [-0.15, -0.1) is 13.2 Å². The van der Waals surface area contributed by atoms with E-state index in [1.807, 2.05) is 11.4 Å². The number of aryl methyl sites for hydroxylation is 2. The van der Waals surface area contributed by atoms with Gasteiger partial charge in [0.25, 0.3) is 0 Å². The standard InChI is InChI=1S/C24H38N2O4Si2/c1-7-31(27-3,28-4)21-9-15-25-17-11-23(12-18-25)24-13-19-26(20-14-24)16-10-22-32(8-2,29-5)30-6/h7-8,11-14,17-20H,1-2,9-10,15-16,21-22H2,3-6H3/q+2. The highest BCUT2D eigenvalue weighted by atomic mass is 28.4. The lowest BCUT2D eigenvalue weighted by Gasteiger charge is -2.22. The lowest BCUT2D eigenvalue weighted by Crippen LogP contribution is -2.40. The van der Waals surface area contributed by atoms with Crippen LogP contribution in [0.5, 0.6) is 0 Å². The number of hydrogen-bond donors (Lipinski definition) is 0. The monoisotopic (exact) mass is 474 g/mol. The zero-order valence-electron chi connectivity index (χ0n) is 20.0. The van der Waals surface area contributed by atoms with Gasteiger partial charge in [-0.3, -0.25) is 0 Å². The lowest BCUT2D eigenvalue weighted by molar-refractivity contribution is -0.697. The molecular formula is C24H38N2O4Si2+2. The van der Waals surface area contributed by atoms with Crippen LogP contribution in [-0.4, -0.2) is 45.6 Å². The van der Waals surface area contributed by atoms with Crippen molar-refractivity contribution in [2.24, 2.45) is 0 Å².